The Bertz CT molecular complexity index is 550. The predicted molar refractivity (Wildman–Crippen MR) is 78.1 cm³/mol. The van der Waals surface area contributed by atoms with E-state index in [2.05, 4.69) is 5.48 Å². The summed E-state index contributed by atoms with van der Waals surface area (Å²) >= 11 is 0. The van der Waals surface area contributed by atoms with Crippen LogP contribution in [0.15, 0.2) is 30.3 Å². The van der Waals surface area contributed by atoms with Crippen LogP contribution in [-0.2, 0) is 25.8 Å². The van der Waals surface area contributed by atoms with Gasteiger partial charge in [-0.15, -0.1) is 0 Å². The van der Waals surface area contributed by atoms with Crippen molar-refractivity contribution in [3.63, 3.8) is 0 Å². The third-order valence-electron chi connectivity index (χ3n) is 3.59. The van der Waals surface area contributed by atoms with Crippen LogP contribution in [0.3, 0.4) is 0 Å². The van der Waals surface area contributed by atoms with Crippen molar-refractivity contribution >= 4 is 18.5 Å². The number of ether oxygens (including phenoxy) is 1. The molecule has 0 aliphatic carbocycles. The molecule has 0 bridgehead atoms. The summed E-state index contributed by atoms with van der Waals surface area (Å²) in [5.41, 5.74) is 3.12. The second-order valence-corrected chi connectivity index (χ2v) is 5.11. The zero-order chi connectivity index (χ0) is 16.7. The zero-order valence-electron chi connectivity index (χ0n) is 12.4. The number of hydroxylamine groups is 1. The molecule has 0 spiro atoms. The highest BCUT2D eigenvalue weighted by molar-refractivity contribution is 5.82. The molecule has 8 nitrogen and oxygen atoms in total. The normalized spacial score (nSPS) is 20.6. The first-order valence-electron chi connectivity index (χ1n) is 7.16. The number of rotatable bonds is 6. The summed E-state index contributed by atoms with van der Waals surface area (Å²) in [6.07, 6.45) is -0.0580. The topological polar surface area (TPSA) is 105 Å². The summed E-state index contributed by atoms with van der Waals surface area (Å²) < 4.78 is 4.80. The van der Waals surface area contributed by atoms with E-state index in [-0.39, 0.29) is 19.6 Å². The minimum atomic E-state index is -1.15. The second-order valence-electron chi connectivity index (χ2n) is 5.11. The lowest BCUT2D eigenvalue weighted by Gasteiger charge is -2.35. The predicted octanol–water partition coefficient (Wildman–Crippen LogP) is 0.918. The summed E-state index contributed by atoms with van der Waals surface area (Å²) in [5.74, 6) is -1.15. The first-order valence-corrected chi connectivity index (χ1v) is 7.16. The van der Waals surface area contributed by atoms with Crippen LogP contribution in [0.1, 0.15) is 18.4 Å². The number of carboxylic acids is 1. The number of nitrogens with one attached hydrogen (secondary N) is 1. The number of piperidine rings is 1. The van der Waals surface area contributed by atoms with Crippen LogP contribution in [0.4, 0.5) is 4.79 Å². The maximum absolute atomic E-state index is 12.1. The fraction of sp³-hybridized carbons (Fsp3) is 0.400. The Hall–Kier alpha value is -2.61. The van der Waals surface area contributed by atoms with Crippen LogP contribution >= 0.6 is 0 Å². The number of carbonyl (C=O) groups is 3. The van der Waals surface area contributed by atoms with Gasteiger partial charge in [-0.2, -0.15) is 0 Å². The number of aliphatic carboxylic acids is 1. The second kappa shape index (κ2) is 8.14. The summed E-state index contributed by atoms with van der Waals surface area (Å²) in [7, 11) is 0. The lowest BCUT2D eigenvalue weighted by molar-refractivity contribution is -0.149. The minimum absolute atomic E-state index is 0.0557. The van der Waals surface area contributed by atoms with Gasteiger partial charge in [0.2, 0.25) is 0 Å². The van der Waals surface area contributed by atoms with Crippen molar-refractivity contribution in [1.82, 2.24) is 10.4 Å². The molecule has 124 valence electrons. The quantitative estimate of drug-likeness (QED) is 0.596. The Morgan fingerprint density at radius 3 is 2.74 bits per heavy atom. The highest BCUT2D eigenvalue weighted by Crippen LogP contribution is 2.20. The van der Waals surface area contributed by atoms with E-state index < -0.39 is 24.1 Å². The number of urea groups is 1. The van der Waals surface area contributed by atoms with Gasteiger partial charge in [0.15, 0.2) is 0 Å². The van der Waals surface area contributed by atoms with E-state index in [4.69, 9.17) is 9.57 Å². The molecule has 8 heteroatoms. The van der Waals surface area contributed by atoms with E-state index in [1.807, 2.05) is 30.3 Å². The van der Waals surface area contributed by atoms with Gasteiger partial charge in [0.1, 0.15) is 12.1 Å². The average molecular weight is 322 g/mol. The smallest absolute Gasteiger partial charge is 0.342 e. The number of amides is 2. The highest BCUT2D eigenvalue weighted by Gasteiger charge is 2.37. The number of carboxylic acid groups (broad SMARTS) is 1. The molecule has 1 aliphatic heterocycles. The SMILES string of the molecule is O=COC1CCN(C(=O)NOCc2ccccc2)C(C(=O)O)C1. The van der Waals surface area contributed by atoms with E-state index in [9.17, 15) is 19.5 Å². The molecular formula is C15H18N2O6. The molecular weight excluding hydrogens is 304 g/mol. The first kappa shape index (κ1) is 16.8. The zero-order valence-corrected chi connectivity index (χ0v) is 12.4. The molecule has 2 unspecified atom stereocenters. The van der Waals surface area contributed by atoms with Crippen molar-refractivity contribution in [1.29, 1.82) is 0 Å². The molecule has 0 radical (unpaired) electrons. The van der Waals surface area contributed by atoms with Gasteiger partial charge in [-0.25, -0.2) is 15.1 Å². The Morgan fingerprint density at radius 1 is 1.35 bits per heavy atom. The molecule has 2 rings (SSSR count). The molecule has 23 heavy (non-hydrogen) atoms. The van der Waals surface area contributed by atoms with E-state index in [0.717, 1.165) is 10.5 Å². The van der Waals surface area contributed by atoms with E-state index >= 15 is 0 Å². The molecule has 1 saturated heterocycles. The van der Waals surface area contributed by atoms with Crippen LogP contribution in [0.25, 0.3) is 0 Å². The van der Waals surface area contributed by atoms with E-state index in [0.29, 0.717) is 12.9 Å². The van der Waals surface area contributed by atoms with Crippen molar-refractivity contribution < 1.29 is 29.1 Å². The third kappa shape index (κ3) is 4.68. The van der Waals surface area contributed by atoms with Crippen LogP contribution in [0.5, 0.6) is 0 Å². The van der Waals surface area contributed by atoms with Gasteiger partial charge < -0.3 is 14.7 Å². The monoisotopic (exact) mass is 322 g/mol. The molecule has 0 aromatic heterocycles. The summed E-state index contributed by atoms with van der Waals surface area (Å²) in [5, 5.41) is 9.24. The number of likely N-dealkylation sites (tertiary alicyclic amines) is 1. The molecule has 0 saturated carbocycles. The minimum Gasteiger partial charge on any atom is -0.480 e. The molecule has 2 N–H and O–H groups in total. The van der Waals surface area contributed by atoms with Crippen molar-refractivity contribution in [3.8, 4) is 0 Å². The van der Waals surface area contributed by atoms with Crippen molar-refractivity contribution in [2.45, 2.75) is 31.6 Å². The Morgan fingerprint density at radius 2 is 2.09 bits per heavy atom. The van der Waals surface area contributed by atoms with Crippen LogP contribution in [-0.4, -0.2) is 47.2 Å². The highest BCUT2D eigenvalue weighted by atomic mass is 16.7. The molecule has 1 fully saturated rings. The average Bonchev–Trinajstić information content (AvgIpc) is 2.56. The molecule has 2 amide bonds. The molecule has 1 aromatic carbocycles. The number of carbonyl (C=O) groups excluding carboxylic acids is 2. The van der Waals surface area contributed by atoms with Gasteiger partial charge in [0.25, 0.3) is 6.47 Å². The van der Waals surface area contributed by atoms with Gasteiger partial charge in [-0.05, 0) is 5.56 Å². The van der Waals surface area contributed by atoms with Crippen molar-refractivity contribution in [3.05, 3.63) is 35.9 Å². The number of nitrogens with zero attached hydrogens (tertiary/aromatic N) is 1. The molecule has 1 heterocycles. The Labute approximate surface area is 132 Å². The summed E-state index contributed by atoms with van der Waals surface area (Å²) in [6.45, 7) is 0.632. The van der Waals surface area contributed by atoms with Crippen molar-refractivity contribution in [2.75, 3.05) is 6.54 Å². The molecule has 1 aromatic rings. The van der Waals surface area contributed by atoms with E-state index in [1.54, 1.807) is 0 Å². The maximum Gasteiger partial charge on any atom is 0.342 e. The van der Waals surface area contributed by atoms with Gasteiger partial charge >= 0.3 is 12.0 Å². The molecule has 2 atom stereocenters. The largest absolute Gasteiger partial charge is 0.480 e. The van der Waals surface area contributed by atoms with Gasteiger partial charge in [-0.1, -0.05) is 30.3 Å². The van der Waals surface area contributed by atoms with Gasteiger partial charge in [0.05, 0.1) is 6.61 Å². The number of benzene rings is 1. The number of hydrogen-bond donors (Lipinski definition) is 2. The lowest BCUT2D eigenvalue weighted by atomic mass is 10.00. The first-order chi connectivity index (χ1) is 11.1. The van der Waals surface area contributed by atoms with Gasteiger partial charge in [0, 0.05) is 19.4 Å². The molecule has 1 aliphatic rings. The Kier molecular flexibility index (Phi) is 5.93. The maximum atomic E-state index is 12.1. The summed E-state index contributed by atoms with van der Waals surface area (Å²) in [4.78, 5) is 40.0. The fourth-order valence-electron chi connectivity index (χ4n) is 2.43. The lowest BCUT2D eigenvalue weighted by Crippen LogP contribution is -2.54. The standard InChI is InChI=1S/C15H18N2O6/c18-10-22-12-6-7-17(13(8-12)14(19)20)15(21)16-23-9-11-4-2-1-3-5-11/h1-5,10,12-13H,6-9H2,(H,16,21)(H,19,20). The third-order valence-corrected chi connectivity index (χ3v) is 3.59. The van der Waals surface area contributed by atoms with Crippen LogP contribution < -0.4 is 5.48 Å². The van der Waals surface area contributed by atoms with Crippen LogP contribution in [0.2, 0.25) is 0 Å². The van der Waals surface area contributed by atoms with Gasteiger partial charge in [-0.3, -0.25) is 9.63 Å². The fourth-order valence-corrected chi connectivity index (χ4v) is 2.43. The number of hydrogen-bond acceptors (Lipinski definition) is 5. The Balaban J connectivity index is 1.87. The van der Waals surface area contributed by atoms with Crippen molar-refractivity contribution in [2.24, 2.45) is 0 Å². The van der Waals surface area contributed by atoms with E-state index in [1.165, 1.54) is 0 Å². The van der Waals surface area contributed by atoms with Crippen LogP contribution in [0, 0.1) is 0 Å². The summed E-state index contributed by atoms with van der Waals surface area (Å²) in [6, 6.07) is 7.55.